The Balaban J connectivity index is 2.02. The molecule has 0 radical (unpaired) electrons. The molecule has 2 rings (SSSR count). The molecule has 1 N–H and O–H groups in total. The van der Waals surface area contributed by atoms with Crippen molar-refractivity contribution in [3.05, 3.63) is 53.6 Å². The van der Waals surface area contributed by atoms with Crippen molar-refractivity contribution in [1.29, 1.82) is 0 Å². The number of aromatic nitrogens is 2. The molecule has 1 aromatic heterocycles. The van der Waals surface area contributed by atoms with Crippen molar-refractivity contribution >= 4 is 0 Å². The van der Waals surface area contributed by atoms with E-state index in [1.165, 1.54) is 11.1 Å². The molecule has 1 heterocycles. The van der Waals surface area contributed by atoms with Gasteiger partial charge in [0.25, 0.3) is 0 Å². The zero-order valence-corrected chi connectivity index (χ0v) is 11.2. The van der Waals surface area contributed by atoms with Crippen molar-refractivity contribution < 1.29 is 0 Å². The lowest BCUT2D eigenvalue weighted by Crippen LogP contribution is -2.10. The third kappa shape index (κ3) is 3.20. The van der Waals surface area contributed by atoms with E-state index in [1.54, 1.807) is 0 Å². The van der Waals surface area contributed by atoms with Gasteiger partial charge in [0.05, 0.1) is 0 Å². The molecule has 0 atom stereocenters. The number of aryl methyl sites for hydroxylation is 1. The van der Waals surface area contributed by atoms with E-state index < -0.39 is 0 Å². The van der Waals surface area contributed by atoms with Crippen LogP contribution in [0.3, 0.4) is 0 Å². The van der Waals surface area contributed by atoms with Crippen LogP contribution in [-0.4, -0.2) is 23.1 Å². The molecule has 0 bridgehead atoms. The Labute approximate surface area is 109 Å². The first-order valence-corrected chi connectivity index (χ1v) is 6.56. The predicted octanol–water partition coefficient (Wildman–Crippen LogP) is 2.26. The Morgan fingerprint density at radius 3 is 2.56 bits per heavy atom. The molecule has 18 heavy (non-hydrogen) atoms. The van der Waals surface area contributed by atoms with Crippen LogP contribution in [0.4, 0.5) is 0 Å². The molecule has 0 saturated heterocycles. The van der Waals surface area contributed by atoms with Crippen LogP contribution in [0, 0.1) is 0 Å². The maximum absolute atomic E-state index is 4.34. The minimum atomic E-state index is 0.912. The number of nitrogens with one attached hydrogen (secondary N) is 1. The maximum atomic E-state index is 4.34. The first kappa shape index (κ1) is 12.8. The van der Waals surface area contributed by atoms with Crippen LogP contribution in [0.1, 0.15) is 23.9 Å². The van der Waals surface area contributed by atoms with E-state index in [2.05, 4.69) is 46.1 Å². The molecule has 1 aromatic carbocycles. The van der Waals surface area contributed by atoms with Crippen LogP contribution >= 0.6 is 0 Å². The second-order valence-electron chi connectivity index (χ2n) is 4.49. The first-order chi connectivity index (χ1) is 8.83. The van der Waals surface area contributed by atoms with Gasteiger partial charge < -0.3 is 9.88 Å². The molecule has 0 unspecified atom stereocenters. The molecule has 0 fully saturated rings. The van der Waals surface area contributed by atoms with Gasteiger partial charge in [0.1, 0.15) is 5.82 Å². The minimum Gasteiger partial charge on any atom is -0.331 e. The standard InChI is InChI=1S/C15H21N3/c1-3-15-17-10-11-18(15)12-14-6-4-13(5-7-14)8-9-16-2/h4-7,10-11,16H,3,8-9,12H2,1-2H3. The fraction of sp³-hybridized carbons (Fsp3) is 0.400. The highest BCUT2D eigenvalue weighted by molar-refractivity contribution is 5.23. The number of imidazole rings is 1. The SMILES string of the molecule is CCc1nccn1Cc1ccc(CCNC)cc1. The number of rotatable bonds is 6. The Hall–Kier alpha value is -1.61. The van der Waals surface area contributed by atoms with Crippen LogP contribution in [0.15, 0.2) is 36.7 Å². The predicted molar refractivity (Wildman–Crippen MR) is 74.8 cm³/mol. The molecule has 2 aromatic rings. The molecule has 0 amide bonds. The smallest absolute Gasteiger partial charge is 0.108 e. The third-order valence-electron chi connectivity index (χ3n) is 3.16. The lowest BCUT2D eigenvalue weighted by atomic mass is 10.1. The zero-order valence-electron chi connectivity index (χ0n) is 11.2. The van der Waals surface area contributed by atoms with E-state index >= 15 is 0 Å². The van der Waals surface area contributed by atoms with E-state index in [1.807, 2.05) is 19.4 Å². The van der Waals surface area contributed by atoms with Gasteiger partial charge in [-0.2, -0.15) is 0 Å². The van der Waals surface area contributed by atoms with Gasteiger partial charge in [0, 0.05) is 25.4 Å². The second kappa shape index (κ2) is 6.36. The summed E-state index contributed by atoms with van der Waals surface area (Å²) in [6, 6.07) is 8.86. The van der Waals surface area contributed by atoms with Crippen LogP contribution in [-0.2, 0) is 19.4 Å². The quantitative estimate of drug-likeness (QED) is 0.843. The number of hydrogen-bond acceptors (Lipinski definition) is 2. The summed E-state index contributed by atoms with van der Waals surface area (Å²) in [6.07, 6.45) is 5.99. The molecule has 0 aliphatic rings. The average Bonchev–Trinajstić information content (AvgIpc) is 2.85. The number of nitrogens with zero attached hydrogens (tertiary/aromatic N) is 2. The number of hydrogen-bond donors (Lipinski definition) is 1. The van der Waals surface area contributed by atoms with Crippen molar-refractivity contribution in [2.24, 2.45) is 0 Å². The monoisotopic (exact) mass is 243 g/mol. The molecule has 3 nitrogen and oxygen atoms in total. The summed E-state index contributed by atoms with van der Waals surface area (Å²) in [6.45, 7) is 4.08. The van der Waals surface area contributed by atoms with Gasteiger partial charge in [-0.25, -0.2) is 4.98 Å². The Morgan fingerprint density at radius 2 is 1.89 bits per heavy atom. The number of benzene rings is 1. The zero-order chi connectivity index (χ0) is 12.8. The highest BCUT2D eigenvalue weighted by Gasteiger charge is 2.01. The molecule has 0 aliphatic carbocycles. The van der Waals surface area contributed by atoms with Crippen molar-refractivity contribution in [2.75, 3.05) is 13.6 Å². The fourth-order valence-electron chi connectivity index (χ4n) is 2.08. The van der Waals surface area contributed by atoms with Gasteiger partial charge in [-0.05, 0) is 31.1 Å². The third-order valence-corrected chi connectivity index (χ3v) is 3.16. The molecule has 0 spiro atoms. The Morgan fingerprint density at radius 1 is 1.17 bits per heavy atom. The van der Waals surface area contributed by atoms with Crippen LogP contribution in [0.5, 0.6) is 0 Å². The van der Waals surface area contributed by atoms with Gasteiger partial charge in [-0.3, -0.25) is 0 Å². The summed E-state index contributed by atoms with van der Waals surface area (Å²) in [4.78, 5) is 4.34. The normalized spacial score (nSPS) is 10.8. The number of likely N-dealkylation sites (N-methyl/N-ethyl adjacent to an activating group) is 1. The van der Waals surface area contributed by atoms with Gasteiger partial charge in [0.15, 0.2) is 0 Å². The summed E-state index contributed by atoms with van der Waals surface area (Å²) < 4.78 is 2.21. The molecular weight excluding hydrogens is 222 g/mol. The molecule has 0 aliphatic heterocycles. The second-order valence-corrected chi connectivity index (χ2v) is 4.49. The molecular formula is C15H21N3. The largest absolute Gasteiger partial charge is 0.331 e. The molecule has 0 saturated carbocycles. The van der Waals surface area contributed by atoms with E-state index in [9.17, 15) is 0 Å². The van der Waals surface area contributed by atoms with Gasteiger partial charge in [-0.1, -0.05) is 31.2 Å². The van der Waals surface area contributed by atoms with E-state index in [0.717, 1.165) is 31.8 Å². The van der Waals surface area contributed by atoms with E-state index in [-0.39, 0.29) is 0 Å². The van der Waals surface area contributed by atoms with E-state index in [4.69, 9.17) is 0 Å². The highest BCUT2D eigenvalue weighted by Crippen LogP contribution is 2.09. The van der Waals surface area contributed by atoms with Crippen LogP contribution < -0.4 is 5.32 Å². The average molecular weight is 243 g/mol. The summed E-state index contributed by atoms with van der Waals surface area (Å²) in [5.41, 5.74) is 2.71. The van der Waals surface area contributed by atoms with Crippen molar-refractivity contribution in [3.8, 4) is 0 Å². The van der Waals surface area contributed by atoms with Crippen molar-refractivity contribution in [3.63, 3.8) is 0 Å². The minimum absolute atomic E-state index is 0.912. The van der Waals surface area contributed by atoms with E-state index in [0.29, 0.717) is 0 Å². The highest BCUT2D eigenvalue weighted by atomic mass is 15.1. The Bertz CT molecular complexity index is 471. The van der Waals surface area contributed by atoms with Gasteiger partial charge in [0.2, 0.25) is 0 Å². The summed E-state index contributed by atoms with van der Waals surface area (Å²) >= 11 is 0. The lowest BCUT2D eigenvalue weighted by molar-refractivity contribution is 0.731. The fourth-order valence-corrected chi connectivity index (χ4v) is 2.08. The van der Waals surface area contributed by atoms with Crippen LogP contribution in [0.2, 0.25) is 0 Å². The molecule has 3 heteroatoms. The Kier molecular flexibility index (Phi) is 4.53. The maximum Gasteiger partial charge on any atom is 0.108 e. The van der Waals surface area contributed by atoms with Crippen LogP contribution in [0.25, 0.3) is 0 Å². The lowest BCUT2D eigenvalue weighted by Gasteiger charge is -2.07. The van der Waals surface area contributed by atoms with Gasteiger partial charge >= 0.3 is 0 Å². The topological polar surface area (TPSA) is 29.9 Å². The molecule has 96 valence electrons. The summed E-state index contributed by atoms with van der Waals surface area (Å²) in [5, 5.41) is 3.17. The summed E-state index contributed by atoms with van der Waals surface area (Å²) in [5.74, 6) is 1.15. The summed E-state index contributed by atoms with van der Waals surface area (Å²) in [7, 11) is 1.99. The first-order valence-electron chi connectivity index (χ1n) is 6.56. The van der Waals surface area contributed by atoms with Gasteiger partial charge in [-0.15, -0.1) is 0 Å². The van der Waals surface area contributed by atoms with Crippen molar-refractivity contribution in [1.82, 2.24) is 14.9 Å². The van der Waals surface area contributed by atoms with Crippen molar-refractivity contribution in [2.45, 2.75) is 26.3 Å².